The van der Waals surface area contributed by atoms with Crippen molar-refractivity contribution in [1.29, 1.82) is 0 Å². The summed E-state index contributed by atoms with van der Waals surface area (Å²) < 4.78 is 0. The second kappa shape index (κ2) is 5.80. The van der Waals surface area contributed by atoms with Gasteiger partial charge in [-0.15, -0.1) is 0 Å². The Morgan fingerprint density at radius 2 is 1.05 bits per heavy atom. The van der Waals surface area contributed by atoms with Gasteiger partial charge in [0.15, 0.2) is 5.92 Å². The fourth-order valence-electron chi connectivity index (χ4n) is 1.66. The van der Waals surface area contributed by atoms with Crippen molar-refractivity contribution < 1.29 is 49.5 Å². The second-order valence-corrected chi connectivity index (χ2v) is 3.71. The lowest BCUT2D eigenvalue weighted by molar-refractivity contribution is -0.177. The van der Waals surface area contributed by atoms with Crippen molar-refractivity contribution in [1.82, 2.24) is 0 Å². The van der Waals surface area contributed by atoms with Gasteiger partial charge < -0.3 is 25.5 Å². The normalized spacial score (nSPS) is 11.0. The van der Waals surface area contributed by atoms with E-state index in [9.17, 15) is 24.0 Å². The molecule has 0 aromatic heterocycles. The van der Waals surface area contributed by atoms with Crippen LogP contribution in [0.4, 0.5) is 0 Å². The van der Waals surface area contributed by atoms with Crippen LogP contribution in [0.2, 0.25) is 0 Å². The standard InChI is InChI=1S/C9H10O10/c10-3(11)1-9(8(18)19,2-4(12)13)5(6(14)15)7(16)17/h5H,1-2H2,(H,10,11)(H,12,13)(H,14,15)(H,16,17)(H,18,19). The van der Waals surface area contributed by atoms with E-state index in [0.29, 0.717) is 0 Å². The molecule has 0 saturated carbocycles. The molecule has 0 atom stereocenters. The van der Waals surface area contributed by atoms with Gasteiger partial charge in [-0.2, -0.15) is 0 Å². The van der Waals surface area contributed by atoms with Crippen LogP contribution in [0.5, 0.6) is 0 Å². The molecule has 0 bridgehead atoms. The lowest BCUT2D eigenvalue weighted by Gasteiger charge is -2.29. The molecule has 0 rings (SSSR count). The largest absolute Gasteiger partial charge is 0.481 e. The molecule has 5 N–H and O–H groups in total. The highest BCUT2D eigenvalue weighted by Gasteiger charge is 2.56. The van der Waals surface area contributed by atoms with Crippen molar-refractivity contribution in [2.45, 2.75) is 12.8 Å². The molecule has 0 spiro atoms. The molecule has 0 fully saturated rings. The molecule has 0 unspecified atom stereocenters. The van der Waals surface area contributed by atoms with Crippen LogP contribution in [-0.4, -0.2) is 55.4 Å². The van der Waals surface area contributed by atoms with Crippen molar-refractivity contribution in [3.8, 4) is 0 Å². The average Bonchev–Trinajstić information content (AvgIpc) is 2.12. The van der Waals surface area contributed by atoms with Crippen LogP contribution in [-0.2, 0) is 24.0 Å². The van der Waals surface area contributed by atoms with Gasteiger partial charge in [0, 0.05) is 0 Å². The van der Waals surface area contributed by atoms with Crippen LogP contribution in [0.3, 0.4) is 0 Å². The molecule has 106 valence electrons. The molecule has 0 radical (unpaired) electrons. The molecule has 19 heavy (non-hydrogen) atoms. The van der Waals surface area contributed by atoms with Crippen molar-refractivity contribution in [3.63, 3.8) is 0 Å². The van der Waals surface area contributed by atoms with E-state index in [1.165, 1.54) is 0 Å². The number of hydrogen-bond donors (Lipinski definition) is 5. The first-order chi connectivity index (χ1) is 8.54. The highest BCUT2D eigenvalue weighted by atomic mass is 16.4. The zero-order chi connectivity index (χ0) is 15.4. The maximum absolute atomic E-state index is 11.1. The summed E-state index contributed by atoms with van der Waals surface area (Å²) in [5.41, 5.74) is -2.98. The van der Waals surface area contributed by atoms with Crippen LogP contribution in [0.1, 0.15) is 12.8 Å². The summed E-state index contributed by atoms with van der Waals surface area (Å²) in [6.07, 6.45) is -2.89. The third kappa shape index (κ3) is 3.66. The Morgan fingerprint density at radius 3 is 1.21 bits per heavy atom. The minimum absolute atomic E-state index is 1.45. The first-order valence-corrected chi connectivity index (χ1v) is 4.67. The van der Waals surface area contributed by atoms with Crippen LogP contribution in [0.25, 0.3) is 0 Å². The predicted octanol–water partition coefficient (Wildman–Crippen LogP) is -1.21. The van der Waals surface area contributed by atoms with E-state index >= 15 is 0 Å². The number of rotatable bonds is 8. The molecule has 10 nitrogen and oxygen atoms in total. The second-order valence-electron chi connectivity index (χ2n) is 3.71. The summed E-state index contributed by atoms with van der Waals surface area (Å²) in [7, 11) is 0. The van der Waals surface area contributed by atoms with Gasteiger partial charge in [-0.1, -0.05) is 0 Å². The highest BCUT2D eigenvalue weighted by Crippen LogP contribution is 2.37. The molecule has 0 aromatic rings. The fourth-order valence-corrected chi connectivity index (χ4v) is 1.66. The highest BCUT2D eigenvalue weighted by molar-refractivity contribution is 6.01. The van der Waals surface area contributed by atoms with E-state index in [1.807, 2.05) is 0 Å². The van der Waals surface area contributed by atoms with Gasteiger partial charge >= 0.3 is 29.8 Å². The Hall–Kier alpha value is -2.65. The first-order valence-electron chi connectivity index (χ1n) is 4.67. The van der Waals surface area contributed by atoms with Gasteiger partial charge in [0.1, 0.15) is 5.41 Å². The van der Waals surface area contributed by atoms with E-state index in [1.54, 1.807) is 0 Å². The lowest BCUT2D eigenvalue weighted by atomic mass is 9.70. The molecule has 0 aliphatic heterocycles. The maximum atomic E-state index is 11.1. The van der Waals surface area contributed by atoms with Crippen LogP contribution in [0, 0.1) is 11.3 Å². The summed E-state index contributed by atoms with van der Waals surface area (Å²) in [6, 6.07) is 0. The number of hydrogen-bond acceptors (Lipinski definition) is 5. The van der Waals surface area contributed by atoms with Gasteiger partial charge in [-0.05, 0) is 0 Å². The summed E-state index contributed by atoms with van der Waals surface area (Å²) in [6.45, 7) is 0. The minimum Gasteiger partial charge on any atom is -0.481 e. The molecule has 10 heteroatoms. The molecule has 0 aliphatic carbocycles. The number of carbonyl (C=O) groups is 5. The Labute approximate surface area is 104 Å². The lowest BCUT2D eigenvalue weighted by Crippen LogP contribution is -2.49. The fraction of sp³-hybridized carbons (Fsp3) is 0.444. The molecule has 0 heterocycles. The SMILES string of the molecule is O=C(O)CC(CC(=O)O)(C(=O)O)C(C(=O)O)C(=O)O. The first kappa shape index (κ1) is 16.4. The van der Waals surface area contributed by atoms with E-state index in [2.05, 4.69) is 0 Å². The minimum atomic E-state index is -2.98. The Balaban J connectivity index is 5.99. The Kier molecular flexibility index (Phi) is 4.99. The summed E-state index contributed by atoms with van der Waals surface area (Å²) in [4.78, 5) is 54.0. The summed E-state index contributed by atoms with van der Waals surface area (Å²) >= 11 is 0. The predicted molar refractivity (Wildman–Crippen MR) is 53.3 cm³/mol. The zero-order valence-corrected chi connectivity index (χ0v) is 9.27. The molecular formula is C9H10O10. The monoisotopic (exact) mass is 278 g/mol. The number of carboxylic acids is 5. The Morgan fingerprint density at radius 1 is 0.737 bits per heavy atom. The van der Waals surface area contributed by atoms with E-state index in [4.69, 9.17) is 25.5 Å². The number of aliphatic carboxylic acids is 5. The van der Waals surface area contributed by atoms with Gasteiger partial charge in [0.05, 0.1) is 12.8 Å². The third-order valence-electron chi connectivity index (χ3n) is 2.41. The Bertz CT molecular complexity index is 406. The number of carboxylic acid groups (broad SMARTS) is 5. The molecule has 0 amide bonds. The smallest absolute Gasteiger partial charge is 0.319 e. The van der Waals surface area contributed by atoms with E-state index < -0.39 is 54.0 Å². The molecular weight excluding hydrogens is 268 g/mol. The average molecular weight is 278 g/mol. The van der Waals surface area contributed by atoms with Crippen LogP contribution in [0.15, 0.2) is 0 Å². The van der Waals surface area contributed by atoms with Crippen molar-refractivity contribution in [3.05, 3.63) is 0 Å². The quantitative estimate of drug-likeness (QED) is 0.337. The zero-order valence-electron chi connectivity index (χ0n) is 9.27. The summed E-state index contributed by atoms with van der Waals surface area (Å²) in [5.74, 6) is -12.7. The van der Waals surface area contributed by atoms with Gasteiger partial charge in [-0.25, -0.2) is 0 Å². The molecule has 0 aliphatic rings. The topological polar surface area (TPSA) is 186 Å². The summed E-state index contributed by atoms with van der Waals surface area (Å²) in [5, 5.41) is 43.5. The third-order valence-corrected chi connectivity index (χ3v) is 2.41. The van der Waals surface area contributed by atoms with Gasteiger partial charge in [-0.3, -0.25) is 24.0 Å². The van der Waals surface area contributed by atoms with Gasteiger partial charge in [0.2, 0.25) is 0 Å². The van der Waals surface area contributed by atoms with E-state index in [-0.39, 0.29) is 0 Å². The van der Waals surface area contributed by atoms with E-state index in [0.717, 1.165) is 0 Å². The van der Waals surface area contributed by atoms with Crippen molar-refractivity contribution in [2.75, 3.05) is 0 Å². The van der Waals surface area contributed by atoms with Crippen LogP contribution < -0.4 is 0 Å². The van der Waals surface area contributed by atoms with Crippen LogP contribution >= 0.6 is 0 Å². The molecule has 0 saturated heterocycles. The molecule has 0 aromatic carbocycles. The van der Waals surface area contributed by atoms with Crippen molar-refractivity contribution >= 4 is 29.8 Å². The maximum Gasteiger partial charge on any atom is 0.319 e. The van der Waals surface area contributed by atoms with Gasteiger partial charge in [0.25, 0.3) is 0 Å². The van der Waals surface area contributed by atoms with Crippen molar-refractivity contribution in [2.24, 2.45) is 11.3 Å².